The third-order valence-corrected chi connectivity index (χ3v) is 6.50. The molecule has 2 aromatic rings. The van der Waals surface area contributed by atoms with Gasteiger partial charge in [-0.2, -0.15) is 0 Å². The average Bonchev–Trinajstić information content (AvgIpc) is 3.17. The third kappa shape index (κ3) is 4.79. The van der Waals surface area contributed by atoms with E-state index in [0.717, 1.165) is 37.0 Å². The first-order chi connectivity index (χ1) is 14.9. The van der Waals surface area contributed by atoms with Crippen LogP contribution >= 0.6 is 0 Å². The van der Waals surface area contributed by atoms with E-state index in [9.17, 15) is 9.59 Å². The molecule has 1 aliphatic rings. The molecule has 0 saturated heterocycles. The van der Waals surface area contributed by atoms with Crippen LogP contribution in [0, 0.1) is 5.92 Å². The number of carbonyl (C=O) groups excluding carboxylic acids is 2. The summed E-state index contributed by atoms with van der Waals surface area (Å²) in [5.41, 5.74) is 2.41. The smallest absolute Gasteiger partial charge is 0.312 e. The molecule has 1 aromatic carbocycles. The normalized spacial score (nSPS) is 19.1. The van der Waals surface area contributed by atoms with Crippen molar-refractivity contribution in [3.63, 3.8) is 0 Å². The largest absolute Gasteiger partial charge is 0.466 e. The standard InChI is InChI=1S/C25H36N2O4/c1-5-7-16-27(4)22(28)13-10-15-25(18(3)24(29)30-6-2)23-20(14-17-31-25)19-11-8-9-12-21(19)26-23/h8-9,11-12,18,26H,5-7,10,13-17H2,1-4H3. The molecule has 6 nitrogen and oxygen atoms in total. The lowest BCUT2D eigenvalue weighted by molar-refractivity contribution is -0.168. The molecule has 3 rings (SSSR count). The predicted octanol–water partition coefficient (Wildman–Crippen LogP) is 4.56. The maximum absolute atomic E-state index is 12.8. The molecule has 6 heteroatoms. The minimum atomic E-state index is -0.818. The van der Waals surface area contributed by atoms with E-state index in [-0.39, 0.29) is 11.9 Å². The number of amides is 1. The predicted molar refractivity (Wildman–Crippen MR) is 122 cm³/mol. The summed E-state index contributed by atoms with van der Waals surface area (Å²) < 4.78 is 11.8. The Morgan fingerprint density at radius 3 is 2.77 bits per heavy atom. The molecule has 31 heavy (non-hydrogen) atoms. The molecule has 0 radical (unpaired) electrons. The Kier molecular flexibility index (Phi) is 7.76. The van der Waals surface area contributed by atoms with Gasteiger partial charge in [0.25, 0.3) is 0 Å². The number of aromatic nitrogens is 1. The molecule has 170 valence electrons. The molecule has 0 spiro atoms. The fraction of sp³-hybridized carbons (Fsp3) is 0.600. The van der Waals surface area contributed by atoms with Gasteiger partial charge in [-0.3, -0.25) is 9.59 Å². The van der Waals surface area contributed by atoms with Crippen molar-refractivity contribution in [2.24, 2.45) is 5.92 Å². The zero-order valence-corrected chi connectivity index (χ0v) is 19.3. The highest BCUT2D eigenvalue weighted by Crippen LogP contribution is 2.45. The summed E-state index contributed by atoms with van der Waals surface area (Å²) in [4.78, 5) is 30.7. The van der Waals surface area contributed by atoms with Crippen LogP contribution in [0.1, 0.15) is 64.1 Å². The van der Waals surface area contributed by atoms with Crippen LogP contribution in [0.15, 0.2) is 24.3 Å². The minimum Gasteiger partial charge on any atom is -0.466 e. The van der Waals surface area contributed by atoms with Crippen molar-refractivity contribution in [3.05, 3.63) is 35.5 Å². The molecule has 2 atom stereocenters. The first kappa shape index (κ1) is 23.3. The number of carbonyl (C=O) groups is 2. The third-order valence-electron chi connectivity index (χ3n) is 6.50. The summed E-state index contributed by atoms with van der Waals surface area (Å²) in [6.07, 6.45) is 4.54. The van der Waals surface area contributed by atoms with Crippen LogP contribution in [0.2, 0.25) is 0 Å². The van der Waals surface area contributed by atoms with Gasteiger partial charge in [-0.15, -0.1) is 0 Å². The highest BCUT2D eigenvalue weighted by atomic mass is 16.5. The van der Waals surface area contributed by atoms with Gasteiger partial charge in [0.2, 0.25) is 5.91 Å². The molecule has 1 amide bonds. The van der Waals surface area contributed by atoms with Gasteiger partial charge in [0.05, 0.1) is 24.8 Å². The SMILES string of the molecule is CCCCN(C)C(=O)CCCC1(C(C)C(=O)OCC)OCCc2c1[nH]c1ccccc21. The lowest BCUT2D eigenvalue weighted by Gasteiger charge is -2.41. The van der Waals surface area contributed by atoms with Gasteiger partial charge in [0.15, 0.2) is 0 Å². The summed E-state index contributed by atoms with van der Waals surface area (Å²) in [6, 6.07) is 8.21. The molecule has 2 heterocycles. The van der Waals surface area contributed by atoms with E-state index in [1.165, 1.54) is 10.9 Å². The Morgan fingerprint density at radius 2 is 2.03 bits per heavy atom. The van der Waals surface area contributed by atoms with Crippen molar-refractivity contribution in [1.82, 2.24) is 9.88 Å². The lowest BCUT2D eigenvalue weighted by Crippen LogP contribution is -2.45. The van der Waals surface area contributed by atoms with Crippen molar-refractivity contribution in [2.75, 3.05) is 26.8 Å². The Bertz CT molecular complexity index is 906. The van der Waals surface area contributed by atoms with Gasteiger partial charge in [-0.05, 0) is 51.2 Å². The number of ether oxygens (including phenoxy) is 2. The first-order valence-electron chi connectivity index (χ1n) is 11.6. The topological polar surface area (TPSA) is 71.6 Å². The summed E-state index contributed by atoms with van der Waals surface area (Å²) in [5.74, 6) is -0.604. The van der Waals surface area contributed by atoms with Crippen LogP contribution < -0.4 is 0 Å². The van der Waals surface area contributed by atoms with E-state index >= 15 is 0 Å². The van der Waals surface area contributed by atoms with Gasteiger partial charge < -0.3 is 19.4 Å². The Labute approximate surface area is 185 Å². The fourth-order valence-corrected chi connectivity index (χ4v) is 4.65. The number of aromatic amines is 1. The summed E-state index contributed by atoms with van der Waals surface area (Å²) in [6.45, 7) is 7.48. The van der Waals surface area contributed by atoms with Crippen LogP contribution in [-0.2, 0) is 31.1 Å². The molecular formula is C25H36N2O4. The van der Waals surface area contributed by atoms with E-state index in [2.05, 4.69) is 24.0 Å². The Morgan fingerprint density at radius 1 is 1.26 bits per heavy atom. The number of rotatable bonds is 10. The lowest BCUT2D eigenvalue weighted by atomic mass is 9.77. The van der Waals surface area contributed by atoms with Crippen LogP contribution in [0.25, 0.3) is 10.9 Å². The van der Waals surface area contributed by atoms with Crippen molar-refractivity contribution in [2.45, 2.75) is 64.9 Å². The van der Waals surface area contributed by atoms with Crippen LogP contribution in [0.5, 0.6) is 0 Å². The Balaban J connectivity index is 1.88. The van der Waals surface area contributed by atoms with Crippen molar-refractivity contribution < 1.29 is 19.1 Å². The highest BCUT2D eigenvalue weighted by Gasteiger charge is 2.48. The molecule has 0 saturated carbocycles. The first-order valence-corrected chi connectivity index (χ1v) is 11.6. The molecule has 1 aromatic heterocycles. The zero-order valence-electron chi connectivity index (χ0n) is 19.3. The second-order valence-electron chi connectivity index (χ2n) is 8.51. The van der Waals surface area contributed by atoms with E-state index in [4.69, 9.17) is 9.47 Å². The van der Waals surface area contributed by atoms with Gasteiger partial charge in [-0.25, -0.2) is 0 Å². The molecule has 0 bridgehead atoms. The maximum atomic E-state index is 12.8. The van der Waals surface area contributed by atoms with Crippen LogP contribution in [0.3, 0.4) is 0 Å². The second-order valence-corrected chi connectivity index (χ2v) is 8.51. The molecular weight excluding hydrogens is 392 g/mol. The number of benzene rings is 1. The summed E-state index contributed by atoms with van der Waals surface area (Å²) >= 11 is 0. The van der Waals surface area contributed by atoms with Crippen molar-refractivity contribution >= 4 is 22.8 Å². The number of nitrogens with one attached hydrogen (secondary N) is 1. The number of hydrogen-bond donors (Lipinski definition) is 1. The van der Waals surface area contributed by atoms with Crippen molar-refractivity contribution in [3.8, 4) is 0 Å². The average molecular weight is 429 g/mol. The molecule has 0 fully saturated rings. The summed E-state index contributed by atoms with van der Waals surface area (Å²) in [5, 5.41) is 1.18. The molecule has 1 aliphatic heterocycles. The van der Waals surface area contributed by atoms with Crippen LogP contribution in [0.4, 0.5) is 0 Å². The van der Waals surface area contributed by atoms with E-state index in [1.54, 1.807) is 4.90 Å². The van der Waals surface area contributed by atoms with E-state index in [1.807, 2.05) is 33.0 Å². The van der Waals surface area contributed by atoms with Gasteiger partial charge in [0.1, 0.15) is 5.60 Å². The number of nitrogens with zero attached hydrogens (tertiary/aromatic N) is 1. The van der Waals surface area contributed by atoms with Gasteiger partial charge in [0, 0.05) is 30.9 Å². The second kappa shape index (κ2) is 10.3. The molecule has 1 N–H and O–H groups in total. The number of esters is 1. The monoisotopic (exact) mass is 428 g/mol. The maximum Gasteiger partial charge on any atom is 0.312 e. The molecule has 0 aliphatic carbocycles. The van der Waals surface area contributed by atoms with E-state index in [0.29, 0.717) is 32.5 Å². The number of H-pyrrole nitrogens is 1. The fourth-order valence-electron chi connectivity index (χ4n) is 4.65. The van der Waals surface area contributed by atoms with E-state index < -0.39 is 11.5 Å². The quantitative estimate of drug-likeness (QED) is 0.563. The number of unbranched alkanes of at least 4 members (excludes halogenated alkanes) is 1. The van der Waals surface area contributed by atoms with Crippen LogP contribution in [-0.4, -0.2) is 48.6 Å². The number of para-hydroxylation sites is 1. The van der Waals surface area contributed by atoms with Crippen molar-refractivity contribution in [1.29, 1.82) is 0 Å². The van der Waals surface area contributed by atoms with Gasteiger partial charge in [-0.1, -0.05) is 31.5 Å². The minimum absolute atomic E-state index is 0.139. The molecule has 2 unspecified atom stereocenters. The highest BCUT2D eigenvalue weighted by molar-refractivity contribution is 5.86. The summed E-state index contributed by atoms with van der Waals surface area (Å²) in [7, 11) is 1.86. The van der Waals surface area contributed by atoms with Gasteiger partial charge >= 0.3 is 5.97 Å². The zero-order chi connectivity index (χ0) is 22.4. The number of hydrogen-bond acceptors (Lipinski definition) is 4. The number of fused-ring (bicyclic) bond motifs is 3. The Hall–Kier alpha value is -2.34.